The Hall–Kier alpha value is -2.34. The Morgan fingerprint density at radius 1 is 1.13 bits per heavy atom. The number of aryl methyl sites for hydroxylation is 1. The molecule has 1 aliphatic heterocycles. The highest BCUT2D eigenvalue weighted by Crippen LogP contribution is 2.23. The van der Waals surface area contributed by atoms with Gasteiger partial charge in [-0.2, -0.15) is 5.10 Å². The maximum absolute atomic E-state index is 12.7. The molecule has 1 fully saturated rings. The fourth-order valence-electron chi connectivity index (χ4n) is 4.04. The molecule has 1 N–H and O–H groups in total. The maximum atomic E-state index is 12.7. The summed E-state index contributed by atoms with van der Waals surface area (Å²) < 4.78 is 1.78. The van der Waals surface area contributed by atoms with Crippen LogP contribution in [0.4, 0.5) is 0 Å². The van der Waals surface area contributed by atoms with E-state index in [4.69, 9.17) is 11.6 Å². The molecule has 1 saturated heterocycles. The predicted molar refractivity (Wildman–Crippen MR) is 119 cm³/mol. The van der Waals surface area contributed by atoms with Gasteiger partial charge >= 0.3 is 0 Å². The number of rotatable bonds is 6. The van der Waals surface area contributed by atoms with Gasteiger partial charge in [0.2, 0.25) is 5.91 Å². The minimum Gasteiger partial charge on any atom is -0.349 e. The van der Waals surface area contributed by atoms with Crippen molar-refractivity contribution in [3.63, 3.8) is 0 Å². The van der Waals surface area contributed by atoms with Gasteiger partial charge in [-0.05, 0) is 63.8 Å². The van der Waals surface area contributed by atoms with Crippen molar-refractivity contribution >= 4 is 23.4 Å². The van der Waals surface area contributed by atoms with Crippen molar-refractivity contribution in [2.75, 3.05) is 13.1 Å². The number of carbonyl (C=O) groups is 2. The third kappa shape index (κ3) is 4.69. The SMILES string of the molecule is CCC(CC)C(=O)N1CCC(NC(=O)c2ccc(-n3nc(C)c(Cl)c3C)cc2)CC1. The number of aromatic nitrogens is 2. The van der Waals surface area contributed by atoms with Crippen LogP contribution in [0.3, 0.4) is 0 Å². The molecule has 0 bridgehead atoms. The van der Waals surface area contributed by atoms with Crippen LogP contribution in [0.5, 0.6) is 0 Å². The van der Waals surface area contributed by atoms with Crippen LogP contribution in [0.2, 0.25) is 5.02 Å². The molecule has 2 amide bonds. The number of likely N-dealkylation sites (tertiary alicyclic amines) is 1. The number of benzene rings is 1. The first-order valence-electron chi connectivity index (χ1n) is 10.8. The van der Waals surface area contributed by atoms with E-state index in [2.05, 4.69) is 24.3 Å². The number of amides is 2. The van der Waals surface area contributed by atoms with Gasteiger partial charge in [0.15, 0.2) is 0 Å². The summed E-state index contributed by atoms with van der Waals surface area (Å²) in [4.78, 5) is 27.1. The molecule has 1 aromatic heterocycles. The van der Waals surface area contributed by atoms with Crippen LogP contribution >= 0.6 is 11.6 Å². The highest BCUT2D eigenvalue weighted by atomic mass is 35.5. The third-order valence-corrected chi connectivity index (χ3v) is 6.60. The smallest absolute Gasteiger partial charge is 0.251 e. The molecule has 0 aliphatic carbocycles. The van der Waals surface area contributed by atoms with Gasteiger partial charge < -0.3 is 10.2 Å². The van der Waals surface area contributed by atoms with E-state index in [1.54, 1.807) is 16.8 Å². The average molecular weight is 431 g/mol. The number of carbonyl (C=O) groups excluding carboxylic acids is 2. The van der Waals surface area contributed by atoms with Gasteiger partial charge in [0.05, 0.1) is 22.1 Å². The van der Waals surface area contributed by atoms with Crippen LogP contribution in [0.1, 0.15) is 61.3 Å². The lowest BCUT2D eigenvalue weighted by Gasteiger charge is -2.34. The molecule has 1 aliphatic rings. The average Bonchev–Trinajstić information content (AvgIpc) is 3.02. The molecule has 1 aromatic carbocycles. The molecule has 7 heteroatoms. The first-order chi connectivity index (χ1) is 14.3. The van der Waals surface area contributed by atoms with Crippen LogP contribution in [0, 0.1) is 19.8 Å². The molecule has 2 aromatic rings. The topological polar surface area (TPSA) is 67.2 Å². The van der Waals surface area contributed by atoms with Gasteiger partial charge in [-0.1, -0.05) is 25.4 Å². The van der Waals surface area contributed by atoms with Crippen LogP contribution < -0.4 is 5.32 Å². The second kappa shape index (κ2) is 9.65. The van der Waals surface area contributed by atoms with Crippen LogP contribution in [0.25, 0.3) is 5.69 Å². The number of hydrogen-bond donors (Lipinski definition) is 1. The Morgan fingerprint density at radius 2 is 1.73 bits per heavy atom. The zero-order valence-electron chi connectivity index (χ0n) is 18.2. The van der Waals surface area contributed by atoms with E-state index in [9.17, 15) is 9.59 Å². The van der Waals surface area contributed by atoms with Crippen molar-refractivity contribution in [1.29, 1.82) is 0 Å². The lowest BCUT2D eigenvalue weighted by molar-refractivity contribution is -0.136. The van der Waals surface area contributed by atoms with Gasteiger partial charge in [-0.15, -0.1) is 0 Å². The van der Waals surface area contributed by atoms with Gasteiger partial charge in [-0.3, -0.25) is 9.59 Å². The minimum atomic E-state index is -0.0854. The van der Waals surface area contributed by atoms with Crippen LogP contribution in [-0.4, -0.2) is 45.6 Å². The van der Waals surface area contributed by atoms with Gasteiger partial charge in [0.25, 0.3) is 5.91 Å². The van der Waals surface area contributed by atoms with E-state index in [0.717, 1.165) is 42.8 Å². The normalized spacial score (nSPS) is 14.9. The Morgan fingerprint density at radius 3 is 2.23 bits per heavy atom. The highest BCUT2D eigenvalue weighted by molar-refractivity contribution is 6.31. The summed E-state index contributed by atoms with van der Waals surface area (Å²) in [5.74, 6) is 0.286. The molecular weight excluding hydrogens is 400 g/mol. The summed E-state index contributed by atoms with van der Waals surface area (Å²) in [7, 11) is 0. The summed E-state index contributed by atoms with van der Waals surface area (Å²) in [6.07, 6.45) is 3.34. The molecule has 162 valence electrons. The van der Waals surface area contributed by atoms with Crippen molar-refractivity contribution in [3.05, 3.63) is 46.2 Å². The molecule has 3 rings (SSSR count). The van der Waals surface area contributed by atoms with Gasteiger partial charge in [0.1, 0.15) is 0 Å². The van der Waals surface area contributed by atoms with Crippen molar-refractivity contribution < 1.29 is 9.59 Å². The summed E-state index contributed by atoms with van der Waals surface area (Å²) in [6.45, 7) is 9.33. The number of halogens is 1. The lowest BCUT2D eigenvalue weighted by atomic mass is 9.98. The van der Waals surface area contributed by atoms with E-state index in [1.165, 1.54) is 0 Å². The number of hydrogen-bond acceptors (Lipinski definition) is 3. The monoisotopic (exact) mass is 430 g/mol. The second-order valence-electron chi connectivity index (χ2n) is 8.03. The molecule has 0 unspecified atom stereocenters. The van der Waals surface area contributed by atoms with Crippen LogP contribution in [0.15, 0.2) is 24.3 Å². The Bertz CT molecular complexity index is 895. The van der Waals surface area contributed by atoms with E-state index in [0.29, 0.717) is 23.7 Å². The third-order valence-electron chi connectivity index (χ3n) is 6.05. The number of nitrogens with one attached hydrogen (secondary N) is 1. The van der Waals surface area contributed by atoms with Crippen LogP contribution in [-0.2, 0) is 4.79 Å². The van der Waals surface area contributed by atoms with Crippen molar-refractivity contribution in [1.82, 2.24) is 20.0 Å². The molecule has 0 radical (unpaired) electrons. The zero-order valence-corrected chi connectivity index (χ0v) is 19.0. The lowest BCUT2D eigenvalue weighted by Crippen LogP contribution is -2.48. The predicted octanol–water partition coefficient (Wildman–Crippen LogP) is 4.30. The molecule has 30 heavy (non-hydrogen) atoms. The fraction of sp³-hybridized carbons (Fsp3) is 0.522. The molecular formula is C23H31ClN4O2. The Kier molecular flexibility index (Phi) is 7.19. The van der Waals surface area contributed by atoms with Crippen molar-refractivity contribution in [3.8, 4) is 5.69 Å². The first-order valence-corrected chi connectivity index (χ1v) is 11.1. The standard InChI is InChI=1S/C23H31ClN4O2/c1-5-17(6-2)23(30)27-13-11-19(12-14-27)25-22(29)18-7-9-20(10-8-18)28-16(4)21(24)15(3)26-28/h7-10,17,19H,5-6,11-14H2,1-4H3,(H,25,29). The van der Waals surface area contributed by atoms with Gasteiger partial charge in [0, 0.05) is 30.6 Å². The Labute approximate surface area is 183 Å². The summed E-state index contributed by atoms with van der Waals surface area (Å²) >= 11 is 6.23. The van der Waals surface area contributed by atoms with E-state index < -0.39 is 0 Å². The minimum absolute atomic E-state index is 0.0854. The number of nitrogens with zero attached hydrogens (tertiary/aromatic N) is 3. The first kappa shape index (κ1) is 22.3. The molecule has 6 nitrogen and oxygen atoms in total. The zero-order chi connectivity index (χ0) is 21.8. The van der Waals surface area contributed by atoms with E-state index in [1.807, 2.05) is 30.9 Å². The summed E-state index contributed by atoms with van der Waals surface area (Å²) in [5.41, 5.74) is 3.14. The summed E-state index contributed by atoms with van der Waals surface area (Å²) in [5, 5.41) is 8.22. The molecule has 0 saturated carbocycles. The largest absolute Gasteiger partial charge is 0.349 e. The van der Waals surface area contributed by atoms with Gasteiger partial charge in [-0.25, -0.2) is 4.68 Å². The summed E-state index contributed by atoms with van der Waals surface area (Å²) in [6, 6.07) is 7.46. The Balaban J connectivity index is 1.57. The van der Waals surface area contributed by atoms with Crippen molar-refractivity contribution in [2.24, 2.45) is 5.92 Å². The van der Waals surface area contributed by atoms with Crippen molar-refractivity contribution in [2.45, 2.75) is 59.4 Å². The number of piperidine rings is 1. The molecule has 0 spiro atoms. The maximum Gasteiger partial charge on any atom is 0.251 e. The second-order valence-corrected chi connectivity index (χ2v) is 8.41. The molecule has 2 heterocycles. The fourth-order valence-corrected chi connectivity index (χ4v) is 4.16. The highest BCUT2D eigenvalue weighted by Gasteiger charge is 2.27. The van der Waals surface area contributed by atoms with E-state index >= 15 is 0 Å². The quantitative estimate of drug-likeness (QED) is 0.742. The molecule has 0 atom stereocenters. The van der Waals surface area contributed by atoms with E-state index in [-0.39, 0.29) is 23.8 Å².